The molecule has 0 bridgehead atoms. The Kier molecular flexibility index (Phi) is 2.38. The summed E-state index contributed by atoms with van der Waals surface area (Å²) in [6.07, 6.45) is 0. The normalized spacial score (nSPS) is 11.5. The Morgan fingerprint density at radius 1 is 1.38 bits per heavy atom. The van der Waals surface area contributed by atoms with Crippen LogP contribution >= 0.6 is 11.6 Å². The van der Waals surface area contributed by atoms with Crippen LogP contribution < -0.4 is 5.73 Å². The van der Waals surface area contributed by atoms with E-state index in [1.165, 1.54) is 0 Å². The summed E-state index contributed by atoms with van der Waals surface area (Å²) >= 11 is 5.46. The molecule has 0 aromatic heterocycles. The minimum atomic E-state index is -4.50. The summed E-state index contributed by atoms with van der Waals surface area (Å²) in [5, 5.41) is 8.79. The van der Waals surface area contributed by atoms with Gasteiger partial charge in [0.05, 0.1) is 10.7 Å². The van der Waals surface area contributed by atoms with E-state index in [-0.39, 0.29) is 5.02 Å². The minimum absolute atomic E-state index is 0.238. The van der Waals surface area contributed by atoms with Crippen LogP contribution in [0.25, 0.3) is 0 Å². The second-order valence-electron chi connectivity index (χ2n) is 2.28. The molecule has 7 heteroatoms. The van der Waals surface area contributed by atoms with Crippen molar-refractivity contribution in [3.63, 3.8) is 0 Å². The summed E-state index contributed by atoms with van der Waals surface area (Å²) in [7, 11) is -4.50. The monoisotopic (exact) mass is 223 g/mol. The second kappa shape index (κ2) is 3.06. The number of hydrogen-bond acceptors (Lipinski definition) is 4. The summed E-state index contributed by atoms with van der Waals surface area (Å²) < 4.78 is 30.1. The number of benzene rings is 1. The van der Waals surface area contributed by atoms with E-state index in [1.54, 1.807) is 0 Å². The van der Waals surface area contributed by atoms with Gasteiger partial charge >= 0.3 is 0 Å². The van der Waals surface area contributed by atoms with Gasteiger partial charge in [-0.1, -0.05) is 11.6 Å². The molecule has 0 radical (unpaired) electrons. The third kappa shape index (κ3) is 1.85. The van der Waals surface area contributed by atoms with Crippen molar-refractivity contribution >= 4 is 27.4 Å². The number of phenolic OH excluding ortho intramolecular Hbond substituents is 1. The van der Waals surface area contributed by atoms with E-state index < -0.39 is 26.5 Å². The van der Waals surface area contributed by atoms with Gasteiger partial charge in [-0.05, 0) is 12.1 Å². The maximum Gasteiger partial charge on any atom is 0.298 e. The van der Waals surface area contributed by atoms with Crippen molar-refractivity contribution in [2.24, 2.45) is 0 Å². The number of nitrogen functional groups attached to an aromatic ring is 1. The first kappa shape index (κ1) is 10.1. The maximum atomic E-state index is 10.7. The molecule has 0 saturated heterocycles. The molecule has 1 aromatic carbocycles. The summed E-state index contributed by atoms with van der Waals surface area (Å²) in [6, 6.07) is 2.25. The number of phenols is 1. The molecule has 72 valence electrons. The number of anilines is 1. The molecule has 0 heterocycles. The lowest BCUT2D eigenvalue weighted by atomic mass is 10.3. The third-order valence-electron chi connectivity index (χ3n) is 1.38. The van der Waals surface area contributed by atoms with Gasteiger partial charge < -0.3 is 10.8 Å². The van der Waals surface area contributed by atoms with Gasteiger partial charge in [0.15, 0.2) is 0 Å². The van der Waals surface area contributed by atoms with Crippen molar-refractivity contribution in [3.05, 3.63) is 17.2 Å². The lowest BCUT2D eigenvalue weighted by Crippen LogP contribution is -2.04. The van der Waals surface area contributed by atoms with Crippen LogP contribution in [0, 0.1) is 0 Å². The molecule has 0 fully saturated rings. The van der Waals surface area contributed by atoms with Crippen molar-refractivity contribution in [1.82, 2.24) is 0 Å². The first-order valence-electron chi connectivity index (χ1n) is 3.08. The molecular formula is C6H6ClNO4S. The zero-order chi connectivity index (χ0) is 10.2. The van der Waals surface area contributed by atoms with Gasteiger partial charge in [-0.15, -0.1) is 0 Å². The standard InChI is InChI=1S/C6H6ClNO4S/c7-3-1-2-4(9)5(8)6(3)13(10,11)12/h1-2,9H,8H2,(H,10,11,12). The van der Waals surface area contributed by atoms with Crippen LogP contribution in [-0.4, -0.2) is 18.1 Å². The fraction of sp³-hybridized carbons (Fsp3) is 0. The summed E-state index contributed by atoms with van der Waals surface area (Å²) in [4.78, 5) is -0.672. The average Bonchev–Trinajstić information content (AvgIpc) is 1.95. The van der Waals surface area contributed by atoms with Gasteiger partial charge in [-0.2, -0.15) is 8.42 Å². The van der Waals surface area contributed by atoms with Crippen LogP contribution in [0.2, 0.25) is 5.02 Å². The zero-order valence-corrected chi connectivity index (χ0v) is 7.80. The fourth-order valence-electron chi connectivity index (χ4n) is 0.825. The predicted octanol–water partition coefficient (Wildman–Crippen LogP) is 0.875. The van der Waals surface area contributed by atoms with E-state index in [2.05, 4.69) is 0 Å². The largest absolute Gasteiger partial charge is 0.506 e. The Morgan fingerprint density at radius 3 is 2.31 bits per heavy atom. The number of aromatic hydroxyl groups is 1. The maximum absolute atomic E-state index is 10.7. The van der Waals surface area contributed by atoms with Crippen LogP contribution in [0.1, 0.15) is 0 Å². The van der Waals surface area contributed by atoms with Crippen LogP contribution in [0.5, 0.6) is 5.75 Å². The molecule has 0 aliphatic heterocycles. The van der Waals surface area contributed by atoms with Gasteiger partial charge in [0.25, 0.3) is 10.1 Å². The van der Waals surface area contributed by atoms with E-state index in [0.717, 1.165) is 12.1 Å². The van der Waals surface area contributed by atoms with Crippen molar-refractivity contribution in [3.8, 4) is 5.75 Å². The molecule has 1 rings (SSSR count). The summed E-state index contributed by atoms with van der Waals surface area (Å²) in [6.45, 7) is 0. The highest BCUT2D eigenvalue weighted by atomic mass is 35.5. The SMILES string of the molecule is Nc1c(O)ccc(Cl)c1S(=O)(=O)O. The quantitative estimate of drug-likeness (QED) is 0.373. The first-order chi connectivity index (χ1) is 5.84. The topological polar surface area (TPSA) is 101 Å². The second-order valence-corrected chi connectivity index (χ2v) is 4.05. The third-order valence-corrected chi connectivity index (χ3v) is 2.77. The summed E-state index contributed by atoms with van der Waals surface area (Å²) in [5.74, 6) is -0.447. The highest BCUT2D eigenvalue weighted by molar-refractivity contribution is 7.86. The molecule has 0 atom stereocenters. The van der Waals surface area contributed by atoms with Gasteiger partial charge in [-0.25, -0.2) is 0 Å². The van der Waals surface area contributed by atoms with Gasteiger partial charge in [0, 0.05) is 0 Å². The molecule has 0 aliphatic rings. The molecule has 13 heavy (non-hydrogen) atoms. The van der Waals surface area contributed by atoms with Crippen molar-refractivity contribution in [2.75, 3.05) is 5.73 Å². The molecule has 0 aliphatic carbocycles. The van der Waals surface area contributed by atoms with Gasteiger partial charge in [0.2, 0.25) is 0 Å². The van der Waals surface area contributed by atoms with Crippen LogP contribution in [-0.2, 0) is 10.1 Å². The fourth-order valence-corrected chi connectivity index (χ4v) is 1.98. The van der Waals surface area contributed by atoms with Crippen LogP contribution in [0.4, 0.5) is 5.69 Å². The lowest BCUT2D eigenvalue weighted by molar-refractivity contribution is 0.469. The Labute approximate surface area is 79.5 Å². The molecule has 0 saturated carbocycles. The Balaban J connectivity index is 3.62. The highest BCUT2D eigenvalue weighted by Gasteiger charge is 2.20. The number of nitrogens with two attached hydrogens (primary N) is 1. The first-order valence-corrected chi connectivity index (χ1v) is 4.90. The smallest absolute Gasteiger partial charge is 0.298 e. The Morgan fingerprint density at radius 2 is 1.92 bits per heavy atom. The molecule has 0 amide bonds. The molecular weight excluding hydrogens is 218 g/mol. The minimum Gasteiger partial charge on any atom is -0.506 e. The van der Waals surface area contributed by atoms with E-state index in [0.29, 0.717) is 0 Å². The zero-order valence-electron chi connectivity index (χ0n) is 6.23. The van der Waals surface area contributed by atoms with E-state index in [9.17, 15) is 8.42 Å². The van der Waals surface area contributed by atoms with E-state index in [1.807, 2.05) is 0 Å². The van der Waals surface area contributed by atoms with E-state index in [4.69, 9.17) is 27.0 Å². The van der Waals surface area contributed by atoms with Crippen LogP contribution in [0.3, 0.4) is 0 Å². The number of hydrogen-bond donors (Lipinski definition) is 3. The molecule has 0 spiro atoms. The molecule has 0 unspecified atom stereocenters. The highest BCUT2D eigenvalue weighted by Crippen LogP contribution is 2.33. The van der Waals surface area contributed by atoms with Crippen LogP contribution in [0.15, 0.2) is 17.0 Å². The van der Waals surface area contributed by atoms with Gasteiger partial charge in [0.1, 0.15) is 10.6 Å². The number of rotatable bonds is 1. The molecule has 5 nitrogen and oxygen atoms in total. The summed E-state index contributed by atoms with van der Waals surface area (Å²) in [5.41, 5.74) is 4.73. The van der Waals surface area contributed by atoms with Crippen molar-refractivity contribution in [2.45, 2.75) is 4.90 Å². The average molecular weight is 224 g/mol. The molecule has 1 aromatic rings. The lowest BCUT2D eigenvalue weighted by Gasteiger charge is -2.05. The van der Waals surface area contributed by atoms with E-state index >= 15 is 0 Å². The number of halogens is 1. The Bertz CT molecular complexity index is 442. The van der Waals surface area contributed by atoms with Crippen molar-refractivity contribution < 1.29 is 18.1 Å². The van der Waals surface area contributed by atoms with Gasteiger partial charge in [-0.3, -0.25) is 4.55 Å². The van der Waals surface area contributed by atoms with Crippen molar-refractivity contribution in [1.29, 1.82) is 0 Å². The molecule has 4 N–H and O–H groups in total. The predicted molar refractivity (Wildman–Crippen MR) is 47.3 cm³/mol. The Hall–Kier alpha value is -0.980.